The average molecular weight is 327 g/mol. The van der Waals surface area contributed by atoms with E-state index in [2.05, 4.69) is 20.9 Å². The summed E-state index contributed by atoms with van der Waals surface area (Å²) in [5.74, 6) is -0.00407. The van der Waals surface area contributed by atoms with Crippen molar-refractivity contribution in [3.63, 3.8) is 0 Å². The fourth-order valence-corrected chi connectivity index (χ4v) is 2.42. The van der Waals surface area contributed by atoms with E-state index in [0.29, 0.717) is 11.1 Å². The number of benzene rings is 2. The van der Waals surface area contributed by atoms with Crippen molar-refractivity contribution in [2.24, 2.45) is 0 Å². The molecule has 0 unspecified atom stereocenters. The second-order valence-electron chi connectivity index (χ2n) is 4.33. The van der Waals surface area contributed by atoms with Crippen LogP contribution in [-0.4, -0.2) is 15.3 Å². The summed E-state index contributed by atoms with van der Waals surface area (Å²) < 4.78 is 2.71. The summed E-state index contributed by atoms with van der Waals surface area (Å²) in [6.45, 7) is 0. The summed E-state index contributed by atoms with van der Waals surface area (Å²) in [6.07, 6.45) is 5.20. The van der Waals surface area contributed by atoms with Crippen LogP contribution >= 0.6 is 15.9 Å². The predicted molar refractivity (Wildman–Crippen MR) is 81.1 cm³/mol. The van der Waals surface area contributed by atoms with Crippen molar-refractivity contribution in [1.82, 2.24) is 9.55 Å². The highest BCUT2D eigenvalue weighted by Gasteiger charge is 2.15. The topological polar surface area (TPSA) is 34.9 Å². The Hall–Kier alpha value is -2.20. The first kappa shape index (κ1) is 12.8. The van der Waals surface area contributed by atoms with E-state index >= 15 is 0 Å². The monoisotopic (exact) mass is 326 g/mol. The van der Waals surface area contributed by atoms with Gasteiger partial charge in [0.2, 0.25) is 0 Å². The van der Waals surface area contributed by atoms with Gasteiger partial charge in [0.1, 0.15) is 0 Å². The van der Waals surface area contributed by atoms with Crippen LogP contribution < -0.4 is 0 Å². The molecule has 0 aliphatic carbocycles. The molecule has 0 aliphatic heterocycles. The van der Waals surface area contributed by atoms with E-state index in [1.165, 1.54) is 0 Å². The first-order valence-corrected chi connectivity index (χ1v) is 6.92. The number of nitrogens with zero attached hydrogens (tertiary/aromatic N) is 2. The lowest BCUT2D eigenvalue weighted by Gasteiger charge is -2.10. The number of aromatic nitrogens is 2. The first-order valence-electron chi connectivity index (χ1n) is 6.13. The van der Waals surface area contributed by atoms with Gasteiger partial charge in [-0.3, -0.25) is 4.79 Å². The Labute approximate surface area is 125 Å². The molecule has 0 N–H and O–H groups in total. The zero-order valence-corrected chi connectivity index (χ0v) is 12.1. The Morgan fingerprint density at radius 2 is 1.90 bits per heavy atom. The second-order valence-corrected chi connectivity index (χ2v) is 5.24. The van der Waals surface area contributed by atoms with Gasteiger partial charge < -0.3 is 4.57 Å². The van der Waals surface area contributed by atoms with Crippen molar-refractivity contribution in [2.75, 3.05) is 0 Å². The van der Waals surface area contributed by atoms with E-state index in [1.54, 1.807) is 12.5 Å². The third-order valence-electron chi connectivity index (χ3n) is 3.02. The van der Waals surface area contributed by atoms with E-state index in [4.69, 9.17) is 0 Å². The molecule has 3 nitrogen and oxygen atoms in total. The van der Waals surface area contributed by atoms with Crippen LogP contribution in [0.15, 0.2) is 71.7 Å². The van der Waals surface area contributed by atoms with Gasteiger partial charge in [0.05, 0.1) is 12.0 Å². The zero-order valence-electron chi connectivity index (χ0n) is 10.5. The molecule has 2 aromatic carbocycles. The second kappa shape index (κ2) is 5.43. The van der Waals surface area contributed by atoms with Gasteiger partial charge in [-0.05, 0) is 18.2 Å². The number of halogens is 1. The molecule has 98 valence electrons. The Balaban J connectivity index is 2.13. The molecule has 3 rings (SSSR count). The molecule has 0 fully saturated rings. The molecule has 0 aliphatic rings. The Bertz CT molecular complexity index is 736. The molecule has 0 amide bonds. The summed E-state index contributed by atoms with van der Waals surface area (Å²) in [5.41, 5.74) is 2.13. The minimum atomic E-state index is -0.00407. The Kier molecular flexibility index (Phi) is 3.48. The molecule has 0 spiro atoms. The summed E-state index contributed by atoms with van der Waals surface area (Å²) in [7, 11) is 0. The Morgan fingerprint density at radius 3 is 2.60 bits per heavy atom. The Morgan fingerprint density at radius 1 is 1.10 bits per heavy atom. The molecule has 0 atom stereocenters. The van der Waals surface area contributed by atoms with Crippen LogP contribution in [-0.2, 0) is 0 Å². The summed E-state index contributed by atoms with van der Waals surface area (Å²) >= 11 is 3.42. The third kappa shape index (κ3) is 2.42. The average Bonchev–Trinajstić information content (AvgIpc) is 3.01. The van der Waals surface area contributed by atoms with Crippen molar-refractivity contribution >= 4 is 21.7 Å². The molecule has 1 heterocycles. The number of hydrogen-bond donors (Lipinski definition) is 0. The minimum Gasteiger partial charge on any atom is -0.306 e. The molecule has 0 saturated carbocycles. The van der Waals surface area contributed by atoms with Crippen LogP contribution in [0.4, 0.5) is 0 Å². The normalized spacial score (nSPS) is 10.4. The lowest BCUT2D eigenvalue weighted by atomic mass is 10.0. The first-order chi connectivity index (χ1) is 9.75. The van der Waals surface area contributed by atoms with Crippen LogP contribution in [0.1, 0.15) is 15.9 Å². The van der Waals surface area contributed by atoms with Crippen molar-refractivity contribution < 1.29 is 4.79 Å². The molecule has 1 aromatic heterocycles. The quantitative estimate of drug-likeness (QED) is 0.685. The number of carbonyl (C=O) groups excluding carboxylic acids is 1. The summed E-state index contributed by atoms with van der Waals surface area (Å²) in [5, 5.41) is 0. The molecular weight excluding hydrogens is 316 g/mol. The molecule has 0 saturated heterocycles. The van der Waals surface area contributed by atoms with Gasteiger partial charge in [0.15, 0.2) is 5.78 Å². The maximum absolute atomic E-state index is 12.7. The smallest absolute Gasteiger partial charge is 0.195 e. The van der Waals surface area contributed by atoms with E-state index < -0.39 is 0 Å². The van der Waals surface area contributed by atoms with Gasteiger partial charge in [0, 0.05) is 28.0 Å². The highest BCUT2D eigenvalue weighted by molar-refractivity contribution is 9.10. The summed E-state index contributed by atoms with van der Waals surface area (Å²) in [6, 6.07) is 14.9. The van der Waals surface area contributed by atoms with E-state index in [0.717, 1.165) is 10.2 Å². The fourth-order valence-electron chi connectivity index (χ4n) is 2.06. The number of imidazole rings is 1. The molecule has 4 heteroatoms. The lowest BCUT2D eigenvalue weighted by molar-refractivity contribution is 0.103. The third-order valence-corrected chi connectivity index (χ3v) is 3.52. The van der Waals surface area contributed by atoms with Gasteiger partial charge in [0.25, 0.3) is 0 Å². The standard InChI is InChI=1S/C16H11BrN2O/c17-13-6-7-15(19-9-8-18-11-19)14(10-13)16(20)12-4-2-1-3-5-12/h1-11H. The molecule has 0 radical (unpaired) electrons. The molecule has 0 bridgehead atoms. The van der Waals surface area contributed by atoms with Gasteiger partial charge in [-0.2, -0.15) is 0 Å². The van der Waals surface area contributed by atoms with Crippen molar-refractivity contribution in [3.8, 4) is 5.69 Å². The molecular formula is C16H11BrN2O. The van der Waals surface area contributed by atoms with Gasteiger partial charge in [-0.25, -0.2) is 4.98 Å². The maximum Gasteiger partial charge on any atom is 0.195 e. The van der Waals surface area contributed by atoms with Gasteiger partial charge >= 0.3 is 0 Å². The number of hydrogen-bond acceptors (Lipinski definition) is 2. The van der Waals surface area contributed by atoms with E-state index in [1.807, 2.05) is 59.3 Å². The highest BCUT2D eigenvalue weighted by atomic mass is 79.9. The van der Waals surface area contributed by atoms with Gasteiger partial charge in [-0.15, -0.1) is 0 Å². The van der Waals surface area contributed by atoms with Crippen LogP contribution in [0, 0.1) is 0 Å². The van der Waals surface area contributed by atoms with Crippen LogP contribution in [0.3, 0.4) is 0 Å². The molecule has 20 heavy (non-hydrogen) atoms. The SMILES string of the molecule is O=C(c1ccccc1)c1cc(Br)ccc1-n1ccnc1. The summed E-state index contributed by atoms with van der Waals surface area (Å²) in [4.78, 5) is 16.7. The molecule has 3 aromatic rings. The minimum absolute atomic E-state index is 0.00407. The van der Waals surface area contributed by atoms with E-state index in [-0.39, 0.29) is 5.78 Å². The van der Waals surface area contributed by atoms with Crippen LogP contribution in [0.5, 0.6) is 0 Å². The maximum atomic E-state index is 12.7. The van der Waals surface area contributed by atoms with E-state index in [9.17, 15) is 4.79 Å². The largest absolute Gasteiger partial charge is 0.306 e. The van der Waals surface area contributed by atoms with Crippen LogP contribution in [0.2, 0.25) is 0 Å². The number of rotatable bonds is 3. The van der Waals surface area contributed by atoms with Crippen molar-refractivity contribution in [3.05, 3.63) is 82.9 Å². The predicted octanol–water partition coefficient (Wildman–Crippen LogP) is 3.87. The number of carbonyl (C=O) groups is 1. The highest BCUT2D eigenvalue weighted by Crippen LogP contribution is 2.23. The van der Waals surface area contributed by atoms with Crippen LogP contribution in [0.25, 0.3) is 5.69 Å². The number of ketones is 1. The fraction of sp³-hybridized carbons (Fsp3) is 0. The van der Waals surface area contributed by atoms with Crippen molar-refractivity contribution in [1.29, 1.82) is 0 Å². The van der Waals surface area contributed by atoms with Crippen molar-refractivity contribution in [2.45, 2.75) is 0 Å². The zero-order chi connectivity index (χ0) is 13.9. The van der Waals surface area contributed by atoms with Gasteiger partial charge in [-0.1, -0.05) is 46.3 Å². The lowest BCUT2D eigenvalue weighted by Crippen LogP contribution is -2.06.